The van der Waals surface area contributed by atoms with Crippen LogP contribution in [0.4, 0.5) is 5.82 Å². The fraction of sp³-hybridized carbons (Fsp3) is 0.733. The van der Waals surface area contributed by atoms with Gasteiger partial charge in [-0.05, 0) is 39.0 Å². The molecule has 21 heavy (non-hydrogen) atoms. The van der Waals surface area contributed by atoms with E-state index in [4.69, 9.17) is 5.73 Å². The first-order chi connectivity index (χ1) is 10.1. The number of aromatic nitrogens is 2. The van der Waals surface area contributed by atoms with Crippen molar-refractivity contribution < 1.29 is 4.79 Å². The number of carbonyl (C=O) groups is 1. The van der Waals surface area contributed by atoms with Crippen LogP contribution in [-0.4, -0.2) is 34.3 Å². The molecule has 1 saturated carbocycles. The van der Waals surface area contributed by atoms with Gasteiger partial charge in [0, 0.05) is 31.7 Å². The molecule has 1 saturated heterocycles. The molecule has 6 nitrogen and oxygen atoms in total. The van der Waals surface area contributed by atoms with Crippen LogP contribution in [0, 0.1) is 6.92 Å². The Morgan fingerprint density at radius 2 is 2.14 bits per heavy atom. The van der Waals surface area contributed by atoms with Gasteiger partial charge >= 0.3 is 0 Å². The van der Waals surface area contributed by atoms with Crippen LogP contribution in [0.5, 0.6) is 0 Å². The fourth-order valence-electron chi connectivity index (χ4n) is 3.27. The van der Waals surface area contributed by atoms with Gasteiger partial charge < -0.3 is 16.0 Å². The molecular weight excluding hydrogens is 266 g/mol. The second kappa shape index (κ2) is 5.67. The Hall–Kier alpha value is -1.56. The van der Waals surface area contributed by atoms with E-state index >= 15 is 0 Å². The highest BCUT2D eigenvalue weighted by molar-refractivity contribution is 5.84. The minimum Gasteiger partial charge on any atom is -0.368 e. The van der Waals surface area contributed by atoms with Gasteiger partial charge in [0.05, 0.1) is 5.69 Å². The Labute approximate surface area is 125 Å². The minimum absolute atomic E-state index is 0.201. The van der Waals surface area contributed by atoms with Crippen LogP contribution >= 0.6 is 0 Å². The second-order valence-electron chi connectivity index (χ2n) is 6.27. The van der Waals surface area contributed by atoms with E-state index < -0.39 is 0 Å². The molecule has 2 aliphatic rings. The van der Waals surface area contributed by atoms with Crippen molar-refractivity contribution in [3.63, 3.8) is 0 Å². The van der Waals surface area contributed by atoms with E-state index in [1.54, 1.807) is 0 Å². The zero-order valence-corrected chi connectivity index (χ0v) is 12.9. The molecular formula is C15H25N5O. The van der Waals surface area contributed by atoms with Gasteiger partial charge in [0.15, 0.2) is 0 Å². The van der Waals surface area contributed by atoms with E-state index in [1.165, 1.54) is 18.4 Å². The first-order valence-corrected chi connectivity index (χ1v) is 7.89. The zero-order chi connectivity index (χ0) is 15.0. The summed E-state index contributed by atoms with van der Waals surface area (Å²) in [5.41, 5.74) is 7.85. The number of primary amides is 1. The Morgan fingerprint density at radius 3 is 2.81 bits per heavy atom. The van der Waals surface area contributed by atoms with Crippen molar-refractivity contribution in [1.82, 2.24) is 15.1 Å². The molecule has 1 aliphatic carbocycles. The largest absolute Gasteiger partial charge is 0.368 e. The van der Waals surface area contributed by atoms with Crippen molar-refractivity contribution in [2.45, 2.75) is 57.7 Å². The molecule has 116 valence electrons. The lowest BCUT2D eigenvalue weighted by Crippen LogP contribution is -2.49. The number of aryl methyl sites for hydroxylation is 2. The summed E-state index contributed by atoms with van der Waals surface area (Å²) in [5.74, 6) is 0.832. The lowest BCUT2D eigenvalue weighted by atomic mass is 10.0. The maximum absolute atomic E-state index is 11.8. The predicted octanol–water partition coefficient (Wildman–Crippen LogP) is 0.825. The molecule has 0 aromatic carbocycles. The summed E-state index contributed by atoms with van der Waals surface area (Å²) < 4.78 is 1.90. The van der Waals surface area contributed by atoms with Crippen molar-refractivity contribution in [3.8, 4) is 0 Å². The number of hydrogen-bond donors (Lipinski definition) is 2. The number of anilines is 1. The molecule has 2 fully saturated rings. The van der Waals surface area contributed by atoms with Crippen LogP contribution in [-0.2, 0) is 18.4 Å². The summed E-state index contributed by atoms with van der Waals surface area (Å²) in [4.78, 5) is 13.9. The highest BCUT2D eigenvalue weighted by atomic mass is 16.1. The monoisotopic (exact) mass is 291 g/mol. The predicted molar refractivity (Wildman–Crippen MR) is 82.0 cm³/mol. The lowest BCUT2D eigenvalue weighted by Gasteiger charge is -2.36. The number of nitrogens with one attached hydrogen (secondary N) is 1. The van der Waals surface area contributed by atoms with Crippen molar-refractivity contribution in [2.24, 2.45) is 12.8 Å². The second-order valence-corrected chi connectivity index (χ2v) is 6.27. The Morgan fingerprint density at radius 1 is 1.38 bits per heavy atom. The SMILES string of the molecule is Cc1nn(C)c(N2CCCCC2C(N)=O)c1CNC1CC1. The molecule has 1 aromatic rings. The summed E-state index contributed by atoms with van der Waals surface area (Å²) in [7, 11) is 1.95. The molecule has 1 atom stereocenters. The first kappa shape index (κ1) is 14.4. The van der Waals surface area contributed by atoms with E-state index in [9.17, 15) is 4.79 Å². The third-order valence-corrected chi connectivity index (χ3v) is 4.56. The van der Waals surface area contributed by atoms with Crippen molar-refractivity contribution in [3.05, 3.63) is 11.3 Å². The molecule has 3 N–H and O–H groups in total. The molecule has 2 heterocycles. The number of nitrogens with two attached hydrogens (primary N) is 1. The molecule has 1 aliphatic heterocycles. The Bertz CT molecular complexity index is 534. The van der Waals surface area contributed by atoms with Gasteiger partial charge in [-0.1, -0.05) is 0 Å². The molecule has 3 rings (SSSR count). The molecule has 1 aromatic heterocycles. The molecule has 6 heteroatoms. The smallest absolute Gasteiger partial charge is 0.240 e. The highest BCUT2D eigenvalue weighted by Gasteiger charge is 2.32. The molecule has 0 spiro atoms. The highest BCUT2D eigenvalue weighted by Crippen LogP contribution is 2.30. The number of rotatable bonds is 5. The number of piperidine rings is 1. The number of hydrogen-bond acceptors (Lipinski definition) is 4. The quantitative estimate of drug-likeness (QED) is 0.842. The van der Waals surface area contributed by atoms with Crippen LogP contribution in [0.2, 0.25) is 0 Å². The van der Waals surface area contributed by atoms with Gasteiger partial charge in [0.25, 0.3) is 0 Å². The van der Waals surface area contributed by atoms with Gasteiger partial charge in [-0.15, -0.1) is 0 Å². The molecule has 1 amide bonds. The standard InChI is InChI=1S/C15H25N5O/c1-10-12(9-17-11-6-7-11)15(19(2)18-10)20-8-4-3-5-13(20)14(16)21/h11,13,17H,3-9H2,1-2H3,(H2,16,21). The van der Waals surface area contributed by atoms with E-state index in [2.05, 4.69) is 15.3 Å². The number of nitrogens with zero attached hydrogens (tertiary/aromatic N) is 3. The minimum atomic E-state index is -0.227. The normalized spacial score (nSPS) is 22.6. The van der Waals surface area contributed by atoms with Gasteiger partial charge in [0.2, 0.25) is 5.91 Å². The van der Waals surface area contributed by atoms with Gasteiger partial charge in [-0.25, -0.2) is 0 Å². The third kappa shape index (κ3) is 2.90. The first-order valence-electron chi connectivity index (χ1n) is 7.89. The van der Waals surface area contributed by atoms with E-state index in [-0.39, 0.29) is 11.9 Å². The van der Waals surface area contributed by atoms with Crippen molar-refractivity contribution in [2.75, 3.05) is 11.4 Å². The van der Waals surface area contributed by atoms with Crippen LogP contribution in [0.3, 0.4) is 0 Å². The Kier molecular flexibility index (Phi) is 3.89. The summed E-state index contributed by atoms with van der Waals surface area (Å²) in [5, 5.41) is 8.12. The van der Waals surface area contributed by atoms with E-state index in [0.29, 0.717) is 6.04 Å². The van der Waals surface area contributed by atoms with Crippen LogP contribution < -0.4 is 16.0 Å². The maximum Gasteiger partial charge on any atom is 0.240 e. The molecule has 0 radical (unpaired) electrons. The summed E-state index contributed by atoms with van der Waals surface area (Å²) in [6.07, 6.45) is 5.54. The van der Waals surface area contributed by atoms with Gasteiger partial charge in [-0.2, -0.15) is 5.10 Å². The van der Waals surface area contributed by atoms with E-state index in [1.807, 2.05) is 18.7 Å². The van der Waals surface area contributed by atoms with Gasteiger partial charge in [-0.3, -0.25) is 9.48 Å². The number of carbonyl (C=O) groups excluding carboxylic acids is 1. The fourth-order valence-corrected chi connectivity index (χ4v) is 3.27. The number of amides is 1. The van der Waals surface area contributed by atoms with E-state index in [0.717, 1.165) is 43.9 Å². The van der Waals surface area contributed by atoms with Gasteiger partial charge in [0.1, 0.15) is 11.9 Å². The zero-order valence-electron chi connectivity index (χ0n) is 12.9. The molecule has 0 bridgehead atoms. The lowest BCUT2D eigenvalue weighted by molar-refractivity contribution is -0.119. The average Bonchev–Trinajstić information content (AvgIpc) is 3.22. The topological polar surface area (TPSA) is 76.2 Å². The molecule has 1 unspecified atom stereocenters. The van der Waals surface area contributed by atoms with Crippen LogP contribution in [0.25, 0.3) is 0 Å². The van der Waals surface area contributed by atoms with Crippen LogP contribution in [0.1, 0.15) is 43.4 Å². The van der Waals surface area contributed by atoms with Crippen LogP contribution in [0.15, 0.2) is 0 Å². The van der Waals surface area contributed by atoms with Crippen molar-refractivity contribution >= 4 is 11.7 Å². The summed E-state index contributed by atoms with van der Waals surface area (Å²) in [6, 6.07) is 0.457. The van der Waals surface area contributed by atoms with Crippen molar-refractivity contribution in [1.29, 1.82) is 0 Å². The summed E-state index contributed by atoms with van der Waals surface area (Å²) >= 11 is 0. The third-order valence-electron chi connectivity index (χ3n) is 4.56. The maximum atomic E-state index is 11.8. The average molecular weight is 291 g/mol. The summed E-state index contributed by atoms with van der Waals surface area (Å²) in [6.45, 7) is 3.74. The Balaban J connectivity index is 1.89.